The van der Waals surface area contributed by atoms with Crippen LogP contribution in [0, 0.1) is 0 Å². The second kappa shape index (κ2) is 9.10. The van der Waals surface area contributed by atoms with Crippen molar-refractivity contribution in [3.8, 4) is 33.4 Å². The molecule has 1 heteroatoms. The van der Waals surface area contributed by atoms with E-state index in [4.69, 9.17) is 0 Å². The summed E-state index contributed by atoms with van der Waals surface area (Å²) in [5.41, 5.74) is 15.9. The summed E-state index contributed by atoms with van der Waals surface area (Å²) < 4.78 is 2.32. The lowest BCUT2D eigenvalue weighted by molar-refractivity contribution is 1.01. The van der Waals surface area contributed by atoms with Gasteiger partial charge >= 0.3 is 0 Å². The van der Waals surface area contributed by atoms with Gasteiger partial charge in [-0.1, -0.05) is 109 Å². The molecular formula is C39H29N. The molecule has 0 atom stereocenters. The second-order valence-electron chi connectivity index (χ2n) is 11.1. The SMILES string of the molecule is Cn1c2ccc(-c3cccc(Cc4ccccc4)c3)cc2c2cc(-c3ccc4c(c3)Cc3ccccc3-4)ccc21. The minimum absolute atomic E-state index is 0.945. The zero-order valence-corrected chi connectivity index (χ0v) is 22.6. The van der Waals surface area contributed by atoms with Gasteiger partial charge in [-0.2, -0.15) is 0 Å². The Balaban J connectivity index is 1.20. The van der Waals surface area contributed by atoms with Crippen molar-refractivity contribution in [3.63, 3.8) is 0 Å². The van der Waals surface area contributed by atoms with E-state index in [9.17, 15) is 0 Å². The highest BCUT2D eigenvalue weighted by Crippen LogP contribution is 2.40. The van der Waals surface area contributed by atoms with E-state index in [0.717, 1.165) is 12.8 Å². The summed E-state index contributed by atoms with van der Waals surface area (Å²) in [4.78, 5) is 0. The van der Waals surface area contributed by atoms with E-state index in [0.29, 0.717) is 0 Å². The largest absolute Gasteiger partial charge is 0.344 e. The van der Waals surface area contributed by atoms with Crippen LogP contribution in [0.3, 0.4) is 0 Å². The molecule has 0 spiro atoms. The summed E-state index contributed by atoms with van der Waals surface area (Å²) in [6, 6.07) is 49.4. The van der Waals surface area contributed by atoms with Gasteiger partial charge in [0.2, 0.25) is 0 Å². The number of hydrogen-bond donors (Lipinski definition) is 0. The third-order valence-electron chi connectivity index (χ3n) is 8.64. The molecule has 190 valence electrons. The van der Waals surface area contributed by atoms with Crippen LogP contribution in [-0.4, -0.2) is 4.57 Å². The van der Waals surface area contributed by atoms with Gasteiger partial charge in [0.05, 0.1) is 0 Å². The first kappa shape index (κ1) is 23.0. The third-order valence-corrected chi connectivity index (χ3v) is 8.64. The Morgan fingerprint density at radius 2 is 1.07 bits per heavy atom. The molecule has 7 aromatic rings. The predicted octanol–water partition coefficient (Wildman–Crippen LogP) is 9.83. The van der Waals surface area contributed by atoms with E-state index in [1.807, 2.05) is 0 Å². The van der Waals surface area contributed by atoms with E-state index in [-0.39, 0.29) is 0 Å². The van der Waals surface area contributed by atoms with Crippen molar-refractivity contribution in [1.29, 1.82) is 0 Å². The van der Waals surface area contributed by atoms with Crippen molar-refractivity contribution < 1.29 is 0 Å². The molecule has 0 aliphatic heterocycles. The zero-order chi connectivity index (χ0) is 26.6. The van der Waals surface area contributed by atoms with Gasteiger partial charge in [-0.25, -0.2) is 0 Å². The van der Waals surface area contributed by atoms with Crippen molar-refractivity contribution in [2.45, 2.75) is 12.8 Å². The first-order valence-electron chi connectivity index (χ1n) is 14.1. The average molecular weight is 512 g/mol. The summed E-state index contributed by atoms with van der Waals surface area (Å²) in [6.45, 7) is 0. The van der Waals surface area contributed by atoms with Crippen LogP contribution >= 0.6 is 0 Å². The number of rotatable bonds is 4. The molecule has 0 bridgehead atoms. The van der Waals surface area contributed by atoms with Crippen LogP contribution in [0.1, 0.15) is 22.3 Å². The van der Waals surface area contributed by atoms with Crippen LogP contribution in [0.5, 0.6) is 0 Å². The van der Waals surface area contributed by atoms with Crippen LogP contribution in [-0.2, 0) is 19.9 Å². The summed E-state index contributed by atoms with van der Waals surface area (Å²) in [6.07, 6.45) is 1.96. The molecule has 0 amide bonds. The lowest BCUT2D eigenvalue weighted by Gasteiger charge is -2.08. The van der Waals surface area contributed by atoms with Crippen molar-refractivity contribution in [2.75, 3.05) is 0 Å². The van der Waals surface area contributed by atoms with Crippen LogP contribution in [0.4, 0.5) is 0 Å². The lowest BCUT2D eigenvalue weighted by atomic mass is 9.96. The molecule has 0 saturated carbocycles. The Labute approximate surface area is 235 Å². The van der Waals surface area contributed by atoms with Gasteiger partial charge in [-0.3, -0.25) is 0 Å². The molecule has 1 aliphatic carbocycles. The second-order valence-corrected chi connectivity index (χ2v) is 11.1. The highest BCUT2D eigenvalue weighted by Gasteiger charge is 2.18. The minimum Gasteiger partial charge on any atom is -0.344 e. The first-order chi connectivity index (χ1) is 19.7. The summed E-state index contributed by atoms with van der Waals surface area (Å²) in [5, 5.41) is 2.61. The monoisotopic (exact) mass is 511 g/mol. The minimum atomic E-state index is 0.945. The molecule has 0 N–H and O–H groups in total. The van der Waals surface area contributed by atoms with Crippen molar-refractivity contribution >= 4 is 21.8 Å². The Bertz CT molecular complexity index is 2060. The topological polar surface area (TPSA) is 4.93 Å². The van der Waals surface area contributed by atoms with Gasteiger partial charge in [0.25, 0.3) is 0 Å². The van der Waals surface area contributed by atoms with Gasteiger partial charge < -0.3 is 4.57 Å². The number of aryl methyl sites for hydroxylation is 1. The van der Waals surface area contributed by atoms with Crippen molar-refractivity contribution in [3.05, 3.63) is 156 Å². The van der Waals surface area contributed by atoms with Crippen LogP contribution < -0.4 is 0 Å². The fourth-order valence-electron chi connectivity index (χ4n) is 6.59. The number of benzene rings is 6. The van der Waals surface area contributed by atoms with Crippen LogP contribution in [0.25, 0.3) is 55.2 Å². The summed E-state index contributed by atoms with van der Waals surface area (Å²) >= 11 is 0. The lowest BCUT2D eigenvalue weighted by Crippen LogP contribution is -1.89. The zero-order valence-electron chi connectivity index (χ0n) is 22.6. The van der Waals surface area contributed by atoms with Crippen LogP contribution in [0.2, 0.25) is 0 Å². The molecule has 1 heterocycles. The number of aromatic nitrogens is 1. The van der Waals surface area contributed by atoms with Crippen molar-refractivity contribution in [2.24, 2.45) is 7.05 Å². The Hall–Kier alpha value is -4.88. The van der Waals surface area contributed by atoms with E-state index < -0.39 is 0 Å². The molecular weight excluding hydrogens is 482 g/mol. The number of nitrogens with zero attached hydrogens (tertiary/aromatic N) is 1. The van der Waals surface area contributed by atoms with E-state index in [2.05, 4.69) is 145 Å². The number of fused-ring (bicyclic) bond motifs is 6. The van der Waals surface area contributed by atoms with E-state index >= 15 is 0 Å². The maximum atomic E-state index is 2.39. The molecule has 0 unspecified atom stereocenters. The molecule has 0 saturated heterocycles. The molecule has 0 fully saturated rings. The van der Waals surface area contributed by atoms with Gasteiger partial charge in [-0.05, 0) is 92.7 Å². The van der Waals surface area contributed by atoms with Gasteiger partial charge in [0.15, 0.2) is 0 Å². The number of hydrogen-bond acceptors (Lipinski definition) is 0. The van der Waals surface area contributed by atoms with Gasteiger partial charge in [0.1, 0.15) is 0 Å². The summed E-state index contributed by atoms with van der Waals surface area (Å²) in [5.74, 6) is 0. The maximum absolute atomic E-state index is 2.39. The fourth-order valence-corrected chi connectivity index (χ4v) is 6.59. The fraction of sp³-hybridized carbons (Fsp3) is 0.0769. The smallest absolute Gasteiger partial charge is 0.0489 e. The molecule has 1 aromatic heterocycles. The average Bonchev–Trinajstić information content (AvgIpc) is 3.52. The predicted molar refractivity (Wildman–Crippen MR) is 169 cm³/mol. The Morgan fingerprint density at radius 1 is 0.475 bits per heavy atom. The highest BCUT2D eigenvalue weighted by atomic mass is 14.9. The molecule has 40 heavy (non-hydrogen) atoms. The Kier molecular flexibility index (Phi) is 5.24. The van der Waals surface area contributed by atoms with E-state index in [1.165, 1.54) is 77.4 Å². The Morgan fingerprint density at radius 3 is 1.85 bits per heavy atom. The van der Waals surface area contributed by atoms with Crippen molar-refractivity contribution in [1.82, 2.24) is 4.57 Å². The maximum Gasteiger partial charge on any atom is 0.0489 e. The normalized spacial score (nSPS) is 12.1. The first-order valence-corrected chi connectivity index (χ1v) is 14.1. The third kappa shape index (κ3) is 3.78. The molecule has 1 nitrogen and oxygen atoms in total. The quantitative estimate of drug-likeness (QED) is 0.222. The van der Waals surface area contributed by atoms with Crippen LogP contribution in [0.15, 0.2) is 133 Å². The van der Waals surface area contributed by atoms with Gasteiger partial charge in [-0.15, -0.1) is 0 Å². The summed E-state index contributed by atoms with van der Waals surface area (Å²) in [7, 11) is 2.18. The van der Waals surface area contributed by atoms with E-state index in [1.54, 1.807) is 0 Å². The highest BCUT2D eigenvalue weighted by molar-refractivity contribution is 6.10. The van der Waals surface area contributed by atoms with Gasteiger partial charge in [0, 0.05) is 28.9 Å². The molecule has 8 rings (SSSR count). The molecule has 1 aliphatic rings. The molecule has 0 radical (unpaired) electrons. The standard InChI is InChI=1S/C39H29N/c1-40-38-18-15-30(28-12-7-10-27(21-28)20-26-8-3-2-4-9-26)24-36(38)37-25-31(16-19-39(37)40)29-14-17-35-33(22-29)23-32-11-5-6-13-34(32)35/h2-19,21-22,24-25H,20,23H2,1H3. The molecule has 6 aromatic carbocycles.